The van der Waals surface area contributed by atoms with Gasteiger partial charge in [0.25, 0.3) is 11.2 Å². The lowest BCUT2D eigenvalue weighted by molar-refractivity contribution is -0.384. The third kappa shape index (κ3) is 4.14. The Morgan fingerprint density at radius 1 is 1.10 bits per heavy atom. The quantitative estimate of drug-likeness (QED) is 0.297. The van der Waals surface area contributed by atoms with Gasteiger partial charge in [-0.05, 0) is 6.07 Å². The van der Waals surface area contributed by atoms with Crippen molar-refractivity contribution in [2.75, 3.05) is 5.32 Å². The van der Waals surface area contributed by atoms with Crippen LogP contribution in [0.2, 0.25) is 5.02 Å². The Morgan fingerprint density at radius 3 is 2.03 bits per heavy atom. The summed E-state index contributed by atoms with van der Waals surface area (Å²) in [4.78, 5) is 9.22. The fourth-order valence-corrected chi connectivity index (χ4v) is 3.55. The molecule has 0 fully saturated rings. The van der Waals surface area contributed by atoms with E-state index in [-0.39, 0.29) is 0 Å². The molecule has 1 aliphatic heterocycles. The van der Waals surface area contributed by atoms with Gasteiger partial charge in [-0.1, -0.05) is 23.4 Å². The molecule has 0 amide bonds. The maximum absolute atomic E-state index is 13.6. The predicted molar refractivity (Wildman–Crippen MR) is 85.8 cm³/mol. The van der Waals surface area contributed by atoms with Crippen molar-refractivity contribution in [3.8, 4) is 0 Å². The van der Waals surface area contributed by atoms with Gasteiger partial charge in [0, 0.05) is 12.1 Å². The molecule has 5 nitrogen and oxygen atoms in total. The third-order valence-corrected chi connectivity index (χ3v) is 4.85. The van der Waals surface area contributed by atoms with Gasteiger partial charge in [-0.15, -0.1) is 0 Å². The monoisotopic (exact) mass is 491 g/mol. The van der Waals surface area contributed by atoms with Gasteiger partial charge in [-0.2, -0.15) is 39.5 Å². The molecule has 0 spiro atoms. The molecule has 166 valence electrons. The van der Waals surface area contributed by atoms with Crippen molar-refractivity contribution in [2.45, 2.75) is 24.1 Å². The number of nitro benzene ring substituents is 1. The molecule has 0 bridgehead atoms. The number of halogens is 11. The molecule has 0 aliphatic carbocycles. The lowest BCUT2D eigenvalue weighted by Gasteiger charge is -2.31. The molecule has 1 N–H and O–H groups in total. The minimum absolute atomic E-state index is 0.527. The Hall–Kier alpha value is -2.23. The lowest BCUT2D eigenvalue weighted by Crippen LogP contribution is -2.55. The van der Waals surface area contributed by atoms with Crippen molar-refractivity contribution >= 4 is 39.9 Å². The Morgan fingerprint density at radius 2 is 1.63 bits per heavy atom. The molecule has 17 heteroatoms. The average molecular weight is 492 g/mol. The summed E-state index contributed by atoms with van der Waals surface area (Å²) in [6.45, 7) is 0. The molecule has 1 aliphatic rings. The summed E-state index contributed by atoms with van der Waals surface area (Å²) in [6, 6.07) is 2.17. The first-order valence-corrected chi connectivity index (χ1v) is 8.21. The maximum Gasteiger partial charge on any atom is 0.443 e. The van der Waals surface area contributed by atoms with E-state index in [1.807, 2.05) is 0 Å². The predicted octanol–water partition coefficient (Wildman–Crippen LogP) is 6.37. The van der Waals surface area contributed by atoms with Crippen molar-refractivity contribution in [1.82, 2.24) is 0 Å². The summed E-state index contributed by atoms with van der Waals surface area (Å²) in [5.74, 6) is -3.63. The lowest BCUT2D eigenvalue weighted by atomic mass is 9.97. The molecule has 0 radical (unpaired) electrons. The van der Waals surface area contributed by atoms with Crippen LogP contribution >= 0.6 is 23.4 Å². The second-order valence-corrected chi connectivity index (χ2v) is 6.82. The largest absolute Gasteiger partial charge is 0.443 e. The minimum atomic E-state index is -6.50. The summed E-state index contributed by atoms with van der Waals surface area (Å²) in [7, 11) is 0. The number of rotatable bonds is 2. The van der Waals surface area contributed by atoms with Crippen LogP contribution in [0, 0.1) is 10.1 Å². The number of nitro groups is 1. The number of alkyl halides is 9. The zero-order valence-electron chi connectivity index (χ0n) is 13.5. The van der Waals surface area contributed by atoms with Crippen LogP contribution in [0.5, 0.6) is 0 Å². The summed E-state index contributed by atoms with van der Waals surface area (Å²) in [5, 5.41) is 10.4. The normalized spacial score (nSPS) is 18.8. The van der Waals surface area contributed by atoms with Crippen LogP contribution in [0.3, 0.4) is 0 Å². The van der Waals surface area contributed by atoms with E-state index in [1.165, 1.54) is 0 Å². The van der Waals surface area contributed by atoms with E-state index in [0.717, 1.165) is 12.1 Å². The van der Waals surface area contributed by atoms with Crippen LogP contribution in [0.15, 0.2) is 33.9 Å². The van der Waals surface area contributed by atoms with E-state index in [2.05, 4.69) is 4.99 Å². The van der Waals surface area contributed by atoms with E-state index in [9.17, 15) is 54.0 Å². The molecule has 30 heavy (non-hydrogen) atoms. The average Bonchev–Trinajstić information content (AvgIpc) is 2.95. The third-order valence-electron chi connectivity index (χ3n) is 3.47. The van der Waals surface area contributed by atoms with Gasteiger partial charge in [0.1, 0.15) is 0 Å². The zero-order valence-corrected chi connectivity index (χ0v) is 15.1. The second-order valence-electron chi connectivity index (χ2n) is 5.41. The zero-order chi connectivity index (χ0) is 23.3. The standard InChI is InChI=1S/C13H4ClF10N3O2S/c14-5-3-4(27(28)29)1-2-6(5)25-9-26-10(12(19,20)21,13(22,23)24)8(30-9)7(15)11(16,17)18/h1-3H,(H,25,26). The number of allylic oxidation sites excluding steroid dienone is 1. The number of hydrogen-bond acceptors (Lipinski definition) is 5. The number of amidine groups is 1. The first-order chi connectivity index (χ1) is 13.4. The van der Waals surface area contributed by atoms with Gasteiger partial charge in [0.2, 0.25) is 5.83 Å². The van der Waals surface area contributed by atoms with Crippen molar-refractivity contribution in [2.24, 2.45) is 4.99 Å². The molecule has 0 saturated carbocycles. The van der Waals surface area contributed by atoms with Crippen molar-refractivity contribution in [1.29, 1.82) is 0 Å². The van der Waals surface area contributed by atoms with Gasteiger partial charge < -0.3 is 5.32 Å². The van der Waals surface area contributed by atoms with Gasteiger partial charge >= 0.3 is 18.5 Å². The minimum Gasteiger partial charge on any atom is -0.333 e. The number of non-ortho nitro benzene ring substituents is 1. The molecule has 0 aromatic heterocycles. The topological polar surface area (TPSA) is 67.5 Å². The number of hydrogen-bond donors (Lipinski definition) is 1. The Labute approximate surface area is 167 Å². The number of aliphatic imine (C=N–C) groups is 1. The maximum atomic E-state index is 13.6. The Kier molecular flexibility index (Phi) is 5.99. The molecule has 1 heterocycles. The van der Waals surface area contributed by atoms with Gasteiger partial charge in [0.05, 0.1) is 20.5 Å². The summed E-state index contributed by atoms with van der Waals surface area (Å²) in [5.41, 5.74) is -6.66. The molecular weight excluding hydrogens is 488 g/mol. The highest BCUT2D eigenvalue weighted by atomic mass is 35.5. The van der Waals surface area contributed by atoms with E-state index in [1.54, 1.807) is 5.32 Å². The number of benzene rings is 1. The van der Waals surface area contributed by atoms with Crippen molar-refractivity contribution in [3.05, 3.63) is 44.1 Å². The van der Waals surface area contributed by atoms with Crippen LogP contribution in [0.25, 0.3) is 0 Å². The molecule has 1 aromatic carbocycles. The molecule has 1 aromatic rings. The van der Waals surface area contributed by atoms with Crippen molar-refractivity contribution in [3.63, 3.8) is 0 Å². The summed E-state index contributed by atoms with van der Waals surface area (Å²) < 4.78 is 131. The fraction of sp³-hybridized carbons (Fsp3) is 0.308. The molecule has 0 unspecified atom stereocenters. The smallest absolute Gasteiger partial charge is 0.333 e. The fourth-order valence-electron chi connectivity index (χ4n) is 2.16. The SMILES string of the molecule is O=[N+]([O-])c1ccc(NC2=NC(C(F)(F)F)(C(F)(F)F)C(=C(F)C(F)(F)F)S2)c(Cl)c1. The Balaban J connectivity index is 2.65. The molecule has 0 saturated heterocycles. The highest BCUT2D eigenvalue weighted by Crippen LogP contribution is 2.59. The van der Waals surface area contributed by atoms with Gasteiger partial charge in [-0.3, -0.25) is 10.1 Å². The molecular formula is C13H4ClF10N3O2S. The van der Waals surface area contributed by atoms with E-state index in [4.69, 9.17) is 11.6 Å². The summed E-state index contributed by atoms with van der Waals surface area (Å²) >= 11 is 4.74. The van der Waals surface area contributed by atoms with Gasteiger partial charge in [-0.25, -0.2) is 9.38 Å². The number of nitrogens with one attached hydrogen (secondary N) is 1. The highest BCUT2D eigenvalue weighted by molar-refractivity contribution is 8.17. The molecule has 0 atom stereocenters. The first-order valence-electron chi connectivity index (χ1n) is 7.01. The van der Waals surface area contributed by atoms with Crippen LogP contribution < -0.4 is 5.32 Å². The van der Waals surface area contributed by atoms with Crippen molar-refractivity contribution < 1.29 is 48.8 Å². The van der Waals surface area contributed by atoms with E-state index < -0.39 is 73.1 Å². The van der Waals surface area contributed by atoms with E-state index in [0.29, 0.717) is 6.07 Å². The second kappa shape index (κ2) is 7.47. The number of nitrogens with zero attached hydrogens (tertiary/aromatic N) is 2. The summed E-state index contributed by atoms with van der Waals surface area (Å²) in [6.07, 6.45) is -19.2. The number of thioether (sulfide) groups is 1. The van der Waals surface area contributed by atoms with Gasteiger partial charge in [0.15, 0.2) is 5.17 Å². The first kappa shape index (κ1) is 24.0. The van der Waals surface area contributed by atoms with Crippen LogP contribution in [-0.2, 0) is 0 Å². The Bertz CT molecular complexity index is 925. The van der Waals surface area contributed by atoms with Crippen LogP contribution in [0.1, 0.15) is 0 Å². The highest BCUT2D eigenvalue weighted by Gasteiger charge is 2.77. The van der Waals surface area contributed by atoms with Crippen LogP contribution in [-0.4, -0.2) is 34.2 Å². The van der Waals surface area contributed by atoms with Crippen LogP contribution in [0.4, 0.5) is 55.3 Å². The number of anilines is 1. The van der Waals surface area contributed by atoms with E-state index >= 15 is 0 Å². The molecule has 2 rings (SSSR count).